The number of benzene rings is 1. The SMILES string of the molecule is COc1cccc(NC(=S)N2CCN(C(=O)[C@]34CC[C@@H](C)[C@H](C)[C@H]3C3=CC[C@@H]5[C@@]6(C)CC[C@H](O)C(C)(C)[C@@H]6CC[C@@]5(C)[C@]3(C)CC4)CC2)c1. The molecule has 0 spiro atoms. The van der Waals surface area contributed by atoms with Crippen molar-refractivity contribution in [2.24, 2.45) is 56.7 Å². The molecule has 1 heterocycles. The first-order valence-corrected chi connectivity index (χ1v) is 19.9. The second-order valence-electron chi connectivity index (χ2n) is 18.6. The van der Waals surface area contributed by atoms with Crippen LogP contribution < -0.4 is 10.1 Å². The van der Waals surface area contributed by atoms with Crippen LogP contribution in [0, 0.1) is 56.7 Å². The molecule has 49 heavy (non-hydrogen) atoms. The van der Waals surface area contributed by atoms with Gasteiger partial charge < -0.3 is 25.0 Å². The largest absolute Gasteiger partial charge is 0.497 e. The van der Waals surface area contributed by atoms with Crippen LogP contribution in [-0.4, -0.2) is 65.3 Å². The molecule has 5 fully saturated rings. The number of aliphatic hydroxyl groups excluding tert-OH is 1. The zero-order valence-electron chi connectivity index (χ0n) is 31.6. The first kappa shape index (κ1) is 35.3. The molecular formula is C42H63N3O3S. The quantitative estimate of drug-likeness (QED) is 0.245. The topological polar surface area (TPSA) is 65.0 Å². The number of aliphatic hydroxyl groups is 1. The summed E-state index contributed by atoms with van der Waals surface area (Å²) in [6, 6.07) is 7.86. The number of amides is 1. The van der Waals surface area contributed by atoms with E-state index in [-0.39, 0.29) is 33.2 Å². The third kappa shape index (κ3) is 5.16. The Morgan fingerprint density at radius 1 is 0.918 bits per heavy atom. The summed E-state index contributed by atoms with van der Waals surface area (Å²) in [5.74, 6) is 3.79. The highest BCUT2D eigenvalue weighted by atomic mass is 32.1. The summed E-state index contributed by atoms with van der Waals surface area (Å²) >= 11 is 5.83. The van der Waals surface area contributed by atoms with Gasteiger partial charge in [-0.25, -0.2) is 0 Å². The standard InChI is InChI=1S/C42H63N3O3S/c1-27-14-19-42(36(47)44-22-24-45(25-23-44)37(49)43-29-10-9-11-30(26-29)48-8)21-20-40(6)31(35(42)28(27)2)12-13-33-39(5)17-16-34(46)38(3,4)32(39)15-18-41(33,40)7/h9-12,26-28,32-35,46H,13-25H2,1-8H3,(H,43,49)/t27-,28+,32+,33-,34+,35+,39+,40-,41-,42+/m1/s1. The van der Waals surface area contributed by atoms with Crippen LogP contribution in [0.2, 0.25) is 0 Å². The number of allylic oxidation sites excluding steroid dienone is 2. The lowest BCUT2D eigenvalue weighted by Crippen LogP contribution is -2.66. The van der Waals surface area contributed by atoms with Crippen LogP contribution in [-0.2, 0) is 4.79 Å². The van der Waals surface area contributed by atoms with Gasteiger partial charge in [0.15, 0.2) is 5.11 Å². The van der Waals surface area contributed by atoms with Crippen molar-refractivity contribution in [1.82, 2.24) is 9.80 Å². The molecule has 0 aromatic heterocycles. The van der Waals surface area contributed by atoms with E-state index in [0.29, 0.717) is 53.7 Å². The van der Waals surface area contributed by atoms with Gasteiger partial charge in [0, 0.05) is 37.9 Å². The molecule has 1 aromatic rings. The summed E-state index contributed by atoms with van der Waals surface area (Å²) in [6.07, 6.45) is 12.4. The average Bonchev–Trinajstić information content (AvgIpc) is 3.08. The predicted octanol–water partition coefficient (Wildman–Crippen LogP) is 8.55. The van der Waals surface area contributed by atoms with Gasteiger partial charge >= 0.3 is 0 Å². The van der Waals surface area contributed by atoms with Crippen molar-refractivity contribution in [2.75, 3.05) is 38.6 Å². The van der Waals surface area contributed by atoms with E-state index in [1.807, 2.05) is 24.3 Å². The molecule has 0 unspecified atom stereocenters. The molecule has 10 atom stereocenters. The molecule has 4 saturated carbocycles. The maximum absolute atomic E-state index is 15.1. The Morgan fingerprint density at radius 2 is 1.63 bits per heavy atom. The van der Waals surface area contributed by atoms with Gasteiger partial charge in [-0.2, -0.15) is 0 Å². The van der Waals surface area contributed by atoms with Crippen LogP contribution in [0.3, 0.4) is 0 Å². The Balaban J connectivity index is 1.14. The van der Waals surface area contributed by atoms with Crippen LogP contribution in [0.25, 0.3) is 0 Å². The van der Waals surface area contributed by atoms with E-state index in [0.717, 1.165) is 69.5 Å². The van der Waals surface area contributed by atoms with Crippen LogP contribution in [0.15, 0.2) is 35.9 Å². The summed E-state index contributed by atoms with van der Waals surface area (Å²) in [7, 11) is 1.68. The molecule has 0 radical (unpaired) electrons. The van der Waals surface area contributed by atoms with Gasteiger partial charge in [-0.3, -0.25) is 4.79 Å². The summed E-state index contributed by atoms with van der Waals surface area (Å²) in [6.45, 7) is 20.4. The van der Waals surface area contributed by atoms with E-state index in [2.05, 4.69) is 69.7 Å². The van der Waals surface area contributed by atoms with Crippen molar-refractivity contribution in [2.45, 2.75) is 112 Å². The molecule has 270 valence electrons. The fourth-order valence-corrected chi connectivity index (χ4v) is 13.5. The number of piperazine rings is 1. The summed E-state index contributed by atoms with van der Waals surface area (Å²) in [5.41, 5.74) is 2.75. The zero-order chi connectivity index (χ0) is 35.1. The molecule has 1 aromatic carbocycles. The molecule has 7 heteroatoms. The summed E-state index contributed by atoms with van der Waals surface area (Å²) in [4.78, 5) is 19.5. The molecule has 1 saturated heterocycles. The Labute approximate surface area is 301 Å². The molecular weight excluding hydrogens is 627 g/mol. The number of hydrogen-bond acceptors (Lipinski definition) is 4. The minimum Gasteiger partial charge on any atom is -0.497 e. The fraction of sp³-hybridized carbons (Fsp3) is 0.762. The molecule has 5 aliphatic carbocycles. The van der Waals surface area contributed by atoms with E-state index < -0.39 is 0 Å². The van der Waals surface area contributed by atoms with Crippen LogP contribution in [0.5, 0.6) is 5.75 Å². The number of hydrogen-bond donors (Lipinski definition) is 2. The maximum atomic E-state index is 15.1. The number of anilines is 1. The molecule has 2 N–H and O–H groups in total. The summed E-state index contributed by atoms with van der Waals surface area (Å²) in [5, 5.41) is 15.2. The second kappa shape index (κ2) is 12.2. The zero-order valence-corrected chi connectivity index (χ0v) is 32.4. The average molecular weight is 690 g/mol. The number of methoxy groups -OCH3 is 1. The highest BCUT2D eigenvalue weighted by molar-refractivity contribution is 7.80. The van der Waals surface area contributed by atoms with Gasteiger partial charge in [0.2, 0.25) is 5.91 Å². The summed E-state index contributed by atoms with van der Waals surface area (Å²) < 4.78 is 5.39. The van der Waals surface area contributed by atoms with Gasteiger partial charge in [-0.05, 0) is 133 Å². The molecule has 0 bridgehead atoms. The smallest absolute Gasteiger partial charge is 0.229 e. The van der Waals surface area contributed by atoms with Crippen LogP contribution in [0.1, 0.15) is 106 Å². The number of thiocarbonyl (C=S) groups is 1. The minimum atomic E-state index is -0.306. The number of nitrogens with one attached hydrogen (secondary N) is 1. The van der Waals surface area contributed by atoms with Crippen LogP contribution >= 0.6 is 12.2 Å². The minimum absolute atomic E-state index is 0.0421. The molecule has 6 nitrogen and oxygen atoms in total. The number of nitrogens with zero attached hydrogens (tertiary/aromatic N) is 2. The lowest BCUT2D eigenvalue weighted by molar-refractivity contribution is -0.205. The van der Waals surface area contributed by atoms with E-state index in [9.17, 15) is 5.11 Å². The monoisotopic (exact) mass is 689 g/mol. The second-order valence-corrected chi connectivity index (χ2v) is 19.0. The van der Waals surface area contributed by atoms with E-state index >= 15 is 4.79 Å². The van der Waals surface area contributed by atoms with Gasteiger partial charge in [0.25, 0.3) is 0 Å². The first-order valence-electron chi connectivity index (χ1n) is 19.5. The lowest BCUT2D eigenvalue weighted by atomic mass is 9.33. The Kier molecular flexibility index (Phi) is 8.82. The lowest BCUT2D eigenvalue weighted by Gasteiger charge is -2.71. The van der Waals surface area contributed by atoms with Gasteiger partial charge in [-0.1, -0.05) is 66.2 Å². The van der Waals surface area contributed by atoms with Gasteiger partial charge in [-0.15, -0.1) is 0 Å². The van der Waals surface area contributed by atoms with Crippen molar-refractivity contribution in [3.05, 3.63) is 35.9 Å². The highest BCUT2D eigenvalue weighted by Crippen LogP contribution is 2.75. The van der Waals surface area contributed by atoms with Crippen molar-refractivity contribution < 1.29 is 14.6 Å². The Morgan fingerprint density at radius 3 is 2.35 bits per heavy atom. The molecule has 6 aliphatic rings. The van der Waals surface area contributed by atoms with E-state index in [1.54, 1.807) is 12.7 Å². The Bertz CT molecular complexity index is 1500. The number of ether oxygens (including phenoxy) is 1. The number of rotatable bonds is 3. The predicted molar refractivity (Wildman–Crippen MR) is 202 cm³/mol. The van der Waals surface area contributed by atoms with Gasteiger partial charge in [0.05, 0.1) is 18.6 Å². The third-order valence-corrected chi connectivity index (χ3v) is 16.9. The van der Waals surface area contributed by atoms with Crippen molar-refractivity contribution in [3.8, 4) is 5.75 Å². The Hall–Kier alpha value is -2.12. The molecule has 1 aliphatic heterocycles. The fourth-order valence-electron chi connectivity index (χ4n) is 13.2. The number of fused-ring (bicyclic) bond motifs is 7. The van der Waals surface area contributed by atoms with Crippen molar-refractivity contribution in [1.29, 1.82) is 0 Å². The third-order valence-electron chi connectivity index (χ3n) is 16.6. The molecule has 7 rings (SSSR count). The van der Waals surface area contributed by atoms with Gasteiger partial charge in [0.1, 0.15) is 5.75 Å². The first-order chi connectivity index (χ1) is 23.1. The van der Waals surface area contributed by atoms with Crippen molar-refractivity contribution >= 4 is 28.9 Å². The highest BCUT2D eigenvalue weighted by Gasteiger charge is 2.69. The maximum Gasteiger partial charge on any atom is 0.229 e. The van der Waals surface area contributed by atoms with Crippen LogP contribution in [0.4, 0.5) is 5.69 Å². The number of carbonyl (C=O) groups excluding carboxylic acids is 1. The van der Waals surface area contributed by atoms with E-state index in [4.69, 9.17) is 17.0 Å². The van der Waals surface area contributed by atoms with E-state index in [1.165, 1.54) is 12.8 Å². The molecule has 1 amide bonds. The number of carbonyl (C=O) groups is 1. The normalized spacial score (nSPS) is 42.8. The van der Waals surface area contributed by atoms with Crippen molar-refractivity contribution in [3.63, 3.8) is 0 Å².